The van der Waals surface area contributed by atoms with Crippen LogP contribution < -0.4 is 11.0 Å². The van der Waals surface area contributed by atoms with Gasteiger partial charge in [0.1, 0.15) is 0 Å². The summed E-state index contributed by atoms with van der Waals surface area (Å²) in [6, 6.07) is 5.93. The first-order valence-electron chi connectivity index (χ1n) is 9.73. The zero-order chi connectivity index (χ0) is 19.4. The fraction of sp³-hybridized carbons (Fsp3) is 0.600. The third-order valence-corrected chi connectivity index (χ3v) is 6.41. The van der Waals surface area contributed by atoms with Crippen LogP contribution in [0.5, 0.6) is 0 Å². The highest BCUT2D eigenvalue weighted by molar-refractivity contribution is 6.62. The number of nitrogens with zero attached hydrogens (tertiary/aromatic N) is 3. The molecule has 0 N–H and O–H groups in total. The van der Waals surface area contributed by atoms with E-state index in [0.29, 0.717) is 10.9 Å². The molecule has 0 atom stereocenters. The van der Waals surface area contributed by atoms with Gasteiger partial charge in [0.15, 0.2) is 0 Å². The number of hydrogen-bond donors (Lipinski definition) is 0. The van der Waals surface area contributed by atoms with Gasteiger partial charge in [-0.2, -0.15) is 0 Å². The maximum atomic E-state index is 13.0. The average molecular weight is 369 g/mol. The van der Waals surface area contributed by atoms with Crippen LogP contribution in [0.3, 0.4) is 0 Å². The van der Waals surface area contributed by atoms with E-state index in [0.717, 1.165) is 31.4 Å². The van der Waals surface area contributed by atoms with E-state index in [1.165, 1.54) is 0 Å². The van der Waals surface area contributed by atoms with E-state index in [9.17, 15) is 4.79 Å². The first-order valence-corrected chi connectivity index (χ1v) is 9.73. The zero-order valence-electron chi connectivity index (χ0n) is 16.9. The summed E-state index contributed by atoms with van der Waals surface area (Å²) in [6.07, 6.45) is 3.67. The third kappa shape index (κ3) is 3.22. The van der Waals surface area contributed by atoms with Crippen LogP contribution >= 0.6 is 0 Å². The molecular weight excluding hydrogens is 341 g/mol. The van der Waals surface area contributed by atoms with E-state index in [1.807, 2.05) is 50.5 Å². The van der Waals surface area contributed by atoms with Gasteiger partial charge in [0, 0.05) is 6.04 Å². The van der Waals surface area contributed by atoms with E-state index in [1.54, 1.807) is 6.33 Å². The highest BCUT2D eigenvalue weighted by atomic mass is 16.7. The number of likely N-dealkylation sites (tertiary alicyclic amines) is 1. The number of piperidine rings is 1. The number of hydrogen-bond acceptors (Lipinski definition) is 5. The minimum absolute atomic E-state index is 0.0371. The molecular formula is C20H28BN3O3. The summed E-state index contributed by atoms with van der Waals surface area (Å²) in [6.45, 7) is 10.2. The summed E-state index contributed by atoms with van der Waals surface area (Å²) >= 11 is 0. The highest BCUT2D eigenvalue weighted by Crippen LogP contribution is 2.36. The predicted octanol–water partition coefficient (Wildman–Crippen LogP) is 1.96. The van der Waals surface area contributed by atoms with Crippen molar-refractivity contribution in [1.82, 2.24) is 14.5 Å². The monoisotopic (exact) mass is 369 g/mol. The summed E-state index contributed by atoms with van der Waals surface area (Å²) in [5, 5.41) is 0.650. The zero-order valence-corrected chi connectivity index (χ0v) is 16.9. The van der Waals surface area contributed by atoms with Crippen LogP contribution in [-0.2, 0) is 9.31 Å². The molecule has 0 aliphatic carbocycles. The van der Waals surface area contributed by atoms with Gasteiger partial charge in [-0.25, -0.2) is 4.98 Å². The van der Waals surface area contributed by atoms with Gasteiger partial charge in [-0.1, -0.05) is 6.07 Å². The second-order valence-corrected chi connectivity index (χ2v) is 8.86. The van der Waals surface area contributed by atoms with Gasteiger partial charge >= 0.3 is 7.12 Å². The lowest BCUT2D eigenvalue weighted by molar-refractivity contribution is 0.00578. The van der Waals surface area contributed by atoms with Crippen LogP contribution in [0.4, 0.5) is 0 Å². The van der Waals surface area contributed by atoms with Crippen molar-refractivity contribution in [3.63, 3.8) is 0 Å². The smallest absolute Gasteiger partial charge is 0.399 e. The maximum Gasteiger partial charge on any atom is 0.494 e. The Labute approximate surface area is 160 Å². The summed E-state index contributed by atoms with van der Waals surface area (Å²) < 4.78 is 14.0. The lowest BCUT2D eigenvalue weighted by Gasteiger charge is -2.32. The molecule has 0 radical (unpaired) electrons. The topological polar surface area (TPSA) is 56.6 Å². The summed E-state index contributed by atoms with van der Waals surface area (Å²) in [7, 11) is 1.67. The molecule has 2 saturated heterocycles. The molecule has 0 saturated carbocycles. The first kappa shape index (κ1) is 18.7. The molecule has 6 nitrogen and oxygen atoms in total. The average Bonchev–Trinajstić information content (AvgIpc) is 2.84. The van der Waals surface area contributed by atoms with Crippen molar-refractivity contribution in [3.8, 4) is 0 Å². The van der Waals surface area contributed by atoms with Crippen molar-refractivity contribution in [2.75, 3.05) is 20.1 Å². The molecule has 4 rings (SSSR count). The van der Waals surface area contributed by atoms with Crippen LogP contribution in [-0.4, -0.2) is 52.9 Å². The van der Waals surface area contributed by atoms with Crippen LogP contribution in [0.25, 0.3) is 10.9 Å². The molecule has 2 fully saturated rings. The van der Waals surface area contributed by atoms with E-state index < -0.39 is 18.3 Å². The Bertz CT molecular complexity index is 900. The number of fused-ring (bicyclic) bond motifs is 1. The third-order valence-electron chi connectivity index (χ3n) is 6.41. The minimum Gasteiger partial charge on any atom is -0.399 e. The van der Waals surface area contributed by atoms with Gasteiger partial charge in [-0.15, -0.1) is 0 Å². The van der Waals surface area contributed by atoms with Gasteiger partial charge in [0.05, 0.1) is 28.4 Å². The molecule has 2 aliphatic rings. The SMILES string of the molecule is CN1CCC(n2cnc3cc(B4OC(C)(C)C(C)(C)O4)ccc3c2=O)CC1. The minimum atomic E-state index is -0.447. The molecule has 0 amide bonds. The Morgan fingerprint density at radius 3 is 2.37 bits per heavy atom. The molecule has 27 heavy (non-hydrogen) atoms. The fourth-order valence-electron chi connectivity index (χ4n) is 3.81. The van der Waals surface area contributed by atoms with Crippen molar-refractivity contribution >= 4 is 23.5 Å². The maximum absolute atomic E-state index is 13.0. The lowest BCUT2D eigenvalue weighted by atomic mass is 9.79. The number of rotatable bonds is 2. The van der Waals surface area contributed by atoms with E-state index >= 15 is 0 Å². The van der Waals surface area contributed by atoms with Crippen molar-refractivity contribution < 1.29 is 9.31 Å². The Morgan fingerprint density at radius 2 is 1.74 bits per heavy atom. The van der Waals surface area contributed by atoms with Crippen molar-refractivity contribution in [1.29, 1.82) is 0 Å². The van der Waals surface area contributed by atoms with Crippen molar-refractivity contribution in [3.05, 3.63) is 34.9 Å². The number of benzene rings is 1. The summed E-state index contributed by atoms with van der Waals surface area (Å²) in [4.78, 5) is 19.9. The first-order chi connectivity index (χ1) is 12.7. The summed E-state index contributed by atoms with van der Waals surface area (Å²) in [5.41, 5.74) is 0.839. The second-order valence-electron chi connectivity index (χ2n) is 8.86. The molecule has 1 aromatic carbocycles. The molecule has 0 spiro atoms. The predicted molar refractivity (Wildman–Crippen MR) is 107 cm³/mol. The van der Waals surface area contributed by atoms with Gasteiger partial charge in [-0.3, -0.25) is 9.36 Å². The van der Waals surface area contributed by atoms with E-state index in [4.69, 9.17) is 9.31 Å². The molecule has 144 valence electrons. The highest BCUT2D eigenvalue weighted by Gasteiger charge is 2.51. The van der Waals surface area contributed by atoms with Gasteiger partial charge in [0.2, 0.25) is 0 Å². The van der Waals surface area contributed by atoms with E-state index in [2.05, 4.69) is 16.9 Å². The molecule has 0 bridgehead atoms. The standard InChI is InChI=1S/C20H28BN3O3/c1-19(2)20(3,4)27-21(26-19)14-6-7-16-17(12-14)22-13-24(18(16)25)15-8-10-23(5)11-9-15/h6-7,12-13,15H,8-11H2,1-5H3. The molecule has 3 heterocycles. The lowest BCUT2D eigenvalue weighted by Crippen LogP contribution is -2.41. The second kappa shape index (κ2) is 6.43. The Hall–Kier alpha value is -1.70. The largest absolute Gasteiger partial charge is 0.494 e. The van der Waals surface area contributed by atoms with E-state index in [-0.39, 0.29) is 11.6 Å². The Morgan fingerprint density at radius 1 is 1.11 bits per heavy atom. The quantitative estimate of drug-likeness (QED) is 0.758. The van der Waals surface area contributed by atoms with Gasteiger partial charge in [-0.05, 0) is 78.3 Å². The molecule has 2 aliphatic heterocycles. The number of aromatic nitrogens is 2. The molecule has 2 aromatic rings. The van der Waals surface area contributed by atoms with Crippen LogP contribution in [0, 0.1) is 0 Å². The summed E-state index contributed by atoms with van der Waals surface area (Å²) in [5.74, 6) is 0. The molecule has 7 heteroatoms. The van der Waals surface area contributed by atoms with Crippen LogP contribution in [0.15, 0.2) is 29.3 Å². The van der Waals surface area contributed by atoms with Crippen LogP contribution in [0.1, 0.15) is 46.6 Å². The Kier molecular flexibility index (Phi) is 4.44. The Balaban J connectivity index is 1.65. The normalized spacial score (nSPS) is 23.2. The molecule has 0 unspecified atom stereocenters. The fourth-order valence-corrected chi connectivity index (χ4v) is 3.81. The molecule has 1 aromatic heterocycles. The van der Waals surface area contributed by atoms with Gasteiger partial charge in [0.25, 0.3) is 5.56 Å². The van der Waals surface area contributed by atoms with Crippen molar-refractivity contribution in [2.45, 2.75) is 57.8 Å². The van der Waals surface area contributed by atoms with Gasteiger partial charge < -0.3 is 14.2 Å². The van der Waals surface area contributed by atoms with Crippen molar-refractivity contribution in [2.24, 2.45) is 0 Å². The van der Waals surface area contributed by atoms with Crippen LogP contribution in [0.2, 0.25) is 0 Å².